The summed E-state index contributed by atoms with van der Waals surface area (Å²) in [5, 5.41) is 2.46. The molecule has 0 atom stereocenters. The van der Waals surface area contributed by atoms with E-state index in [-0.39, 0.29) is 0 Å². The zero-order valence-corrected chi connectivity index (χ0v) is 23.2. The Morgan fingerprint density at radius 2 is 1.51 bits per heavy atom. The number of hydrogen-bond donors (Lipinski definition) is 0. The van der Waals surface area contributed by atoms with Crippen molar-refractivity contribution in [2.24, 2.45) is 5.92 Å². The minimum absolute atomic E-state index is 0.750. The van der Waals surface area contributed by atoms with Crippen LogP contribution in [0.5, 0.6) is 5.88 Å². The Hall–Kier alpha value is -2.42. The number of aromatic nitrogens is 2. The smallest absolute Gasteiger partial charge is 0.220 e. The van der Waals surface area contributed by atoms with Gasteiger partial charge in [-0.2, -0.15) is 4.98 Å². The van der Waals surface area contributed by atoms with Crippen LogP contribution in [0, 0.1) is 5.92 Å². The molecule has 0 aliphatic heterocycles. The molecule has 0 bridgehead atoms. The van der Waals surface area contributed by atoms with Gasteiger partial charge in [0.2, 0.25) is 5.88 Å². The van der Waals surface area contributed by atoms with Crippen LogP contribution >= 0.6 is 0 Å². The SMILES string of the molecule is CCCCCCCCc1cnc(-c2ccc3ccccc3c2)nc1OCCCCCCCC1CCCC1. The lowest BCUT2D eigenvalue weighted by atomic mass is 9.99. The predicted molar refractivity (Wildman–Crippen MR) is 157 cm³/mol. The van der Waals surface area contributed by atoms with Crippen molar-refractivity contribution in [1.82, 2.24) is 9.97 Å². The van der Waals surface area contributed by atoms with E-state index in [0.29, 0.717) is 0 Å². The van der Waals surface area contributed by atoms with Gasteiger partial charge in [-0.05, 0) is 42.0 Å². The molecule has 0 saturated heterocycles. The van der Waals surface area contributed by atoms with Crippen LogP contribution in [0.4, 0.5) is 0 Å². The maximum absolute atomic E-state index is 6.32. The summed E-state index contributed by atoms with van der Waals surface area (Å²) in [4.78, 5) is 9.70. The quantitative estimate of drug-likeness (QED) is 0.173. The van der Waals surface area contributed by atoms with Crippen molar-refractivity contribution in [3.05, 3.63) is 54.2 Å². The van der Waals surface area contributed by atoms with Gasteiger partial charge in [-0.3, -0.25) is 0 Å². The number of hydrogen-bond acceptors (Lipinski definition) is 3. The number of nitrogens with zero attached hydrogens (tertiary/aromatic N) is 2. The molecule has 0 amide bonds. The van der Waals surface area contributed by atoms with E-state index in [4.69, 9.17) is 14.7 Å². The van der Waals surface area contributed by atoms with Crippen molar-refractivity contribution >= 4 is 10.8 Å². The zero-order valence-electron chi connectivity index (χ0n) is 23.2. The number of ether oxygens (including phenoxy) is 1. The summed E-state index contributed by atoms with van der Waals surface area (Å²) in [6, 6.07) is 14.9. The average Bonchev–Trinajstić information content (AvgIpc) is 3.46. The molecule has 0 spiro atoms. The fraction of sp³-hybridized carbons (Fsp3) is 0.588. The van der Waals surface area contributed by atoms with Crippen molar-refractivity contribution in [1.29, 1.82) is 0 Å². The minimum atomic E-state index is 0.750. The zero-order chi connectivity index (χ0) is 25.5. The van der Waals surface area contributed by atoms with Gasteiger partial charge in [0.25, 0.3) is 0 Å². The first-order valence-electron chi connectivity index (χ1n) is 15.3. The van der Waals surface area contributed by atoms with Gasteiger partial charge in [0.05, 0.1) is 6.61 Å². The molecule has 3 heteroatoms. The van der Waals surface area contributed by atoms with E-state index in [2.05, 4.69) is 49.4 Å². The number of rotatable bonds is 17. The Morgan fingerprint density at radius 1 is 0.784 bits per heavy atom. The van der Waals surface area contributed by atoms with Gasteiger partial charge in [-0.15, -0.1) is 0 Å². The molecule has 2 aromatic carbocycles. The van der Waals surface area contributed by atoms with Gasteiger partial charge in [0.15, 0.2) is 5.82 Å². The van der Waals surface area contributed by atoms with Crippen LogP contribution in [-0.2, 0) is 6.42 Å². The van der Waals surface area contributed by atoms with Crippen LogP contribution < -0.4 is 4.74 Å². The summed E-state index contributed by atoms with van der Waals surface area (Å²) < 4.78 is 6.32. The first-order valence-corrected chi connectivity index (χ1v) is 15.3. The Kier molecular flexibility index (Phi) is 11.7. The van der Waals surface area contributed by atoms with Gasteiger partial charge >= 0.3 is 0 Å². The van der Waals surface area contributed by atoms with Crippen molar-refractivity contribution in [3.8, 4) is 17.3 Å². The minimum Gasteiger partial charge on any atom is -0.477 e. The van der Waals surface area contributed by atoms with Gasteiger partial charge in [-0.25, -0.2) is 4.98 Å². The first-order chi connectivity index (χ1) is 18.3. The third-order valence-electron chi connectivity index (χ3n) is 8.10. The van der Waals surface area contributed by atoms with Crippen LogP contribution in [0.15, 0.2) is 48.7 Å². The molecule has 3 aromatic rings. The monoisotopic (exact) mass is 500 g/mol. The van der Waals surface area contributed by atoms with Crippen LogP contribution in [0.25, 0.3) is 22.2 Å². The van der Waals surface area contributed by atoms with E-state index in [0.717, 1.165) is 48.2 Å². The molecule has 0 N–H and O–H groups in total. The molecule has 1 fully saturated rings. The van der Waals surface area contributed by atoms with Crippen LogP contribution in [0.3, 0.4) is 0 Å². The van der Waals surface area contributed by atoms with Crippen LogP contribution in [0.1, 0.15) is 115 Å². The Labute approximate surface area is 225 Å². The molecule has 1 aliphatic carbocycles. The summed E-state index contributed by atoms with van der Waals surface area (Å²) in [6.07, 6.45) is 24.6. The number of unbranched alkanes of at least 4 members (excludes halogenated alkanes) is 9. The second-order valence-electron chi connectivity index (χ2n) is 11.2. The molecule has 1 aromatic heterocycles. The largest absolute Gasteiger partial charge is 0.477 e. The van der Waals surface area contributed by atoms with E-state index in [9.17, 15) is 0 Å². The maximum atomic E-state index is 6.32. The van der Waals surface area contributed by atoms with Gasteiger partial charge in [0.1, 0.15) is 0 Å². The van der Waals surface area contributed by atoms with Crippen molar-refractivity contribution < 1.29 is 4.74 Å². The molecule has 0 unspecified atom stereocenters. The van der Waals surface area contributed by atoms with Crippen LogP contribution in [-0.4, -0.2) is 16.6 Å². The number of aryl methyl sites for hydroxylation is 1. The highest BCUT2D eigenvalue weighted by molar-refractivity contribution is 5.86. The fourth-order valence-electron chi connectivity index (χ4n) is 5.78. The average molecular weight is 501 g/mol. The third kappa shape index (κ3) is 9.13. The van der Waals surface area contributed by atoms with E-state index in [1.807, 2.05) is 6.20 Å². The van der Waals surface area contributed by atoms with Gasteiger partial charge in [0, 0.05) is 17.3 Å². The normalized spacial score (nSPS) is 14.0. The standard InChI is InChI=1S/C34H48N2O/c1-2-3-4-5-8-11-22-32-27-35-33(31-24-23-29-20-14-15-21-30(29)26-31)36-34(32)37-25-16-9-6-7-10-17-28-18-12-13-19-28/h14-15,20-21,23-24,26-28H,2-13,16-19,22,25H2,1H3. The van der Waals surface area contributed by atoms with Gasteiger partial charge in [-0.1, -0.05) is 133 Å². The van der Waals surface area contributed by atoms with Crippen molar-refractivity contribution in [2.45, 2.75) is 116 Å². The maximum Gasteiger partial charge on any atom is 0.220 e. The lowest BCUT2D eigenvalue weighted by Crippen LogP contribution is -2.05. The fourth-order valence-corrected chi connectivity index (χ4v) is 5.78. The van der Waals surface area contributed by atoms with Crippen molar-refractivity contribution in [3.63, 3.8) is 0 Å². The van der Waals surface area contributed by atoms with E-state index >= 15 is 0 Å². The van der Waals surface area contributed by atoms with E-state index < -0.39 is 0 Å². The predicted octanol–water partition coefficient (Wildman–Crippen LogP) is 10.1. The number of benzene rings is 2. The molecule has 1 aliphatic rings. The molecular weight excluding hydrogens is 452 g/mol. The molecule has 0 radical (unpaired) electrons. The first kappa shape index (κ1) is 27.6. The molecular formula is C34H48N2O. The Bertz CT molecular complexity index is 1060. The topological polar surface area (TPSA) is 35.0 Å². The summed E-state index contributed by atoms with van der Waals surface area (Å²) in [5.41, 5.74) is 2.22. The highest BCUT2D eigenvalue weighted by Gasteiger charge is 2.14. The highest BCUT2D eigenvalue weighted by atomic mass is 16.5. The Morgan fingerprint density at radius 3 is 2.35 bits per heavy atom. The number of fused-ring (bicyclic) bond motifs is 1. The molecule has 1 saturated carbocycles. The van der Waals surface area contributed by atoms with E-state index in [1.165, 1.54) is 107 Å². The molecule has 4 rings (SSSR count). The highest BCUT2D eigenvalue weighted by Crippen LogP contribution is 2.29. The van der Waals surface area contributed by atoms with E-state index in [1.54, 1.807) is 0 Å². The van der Waals surface area contributed by atoms with Gasteiger partial charge < -0.3 is 4.74 Å². The second-order valence-corrected chi connectivity index (χ2v) is 11.2. The lowest BCUT2D eigenvalue weighted by Gasteiger charge is -2.12. The lowest BCUT2D eigenvalue weighted by molar-refractivity contribution is 0.289. The summed E-state index contributed by atoms with van der Waals surface area (Å²) in [7, 11) is 0. The van der Waals surface area contributed by atoms with Crippen molar-refractivity contribution in [2.75, 3.05) is 6.61 Å². The molecule has 3 nitrogen and oxygen atoms in total. The second kappa shape index (κ2) is 15.7. The molecule has 1 heterocycles. The molecule has 37 heavy (non-hydrogen) atoms. The summed E-state index contributed by atoms with van der Waals surface area (Å²) >= 11 is 0. The Balaban J connectivity index is 1.30. The third-order valence-corrected chi connectivity index (χ3v) is 8.10. The van der Waals surface area contributed by atoms with Crippen LogP contribution in [0.2, 0.25) is 0 Å². The summed E-state index contributed by atoms with van der Waals surface area (Å²) in [6.45, 7) is 3.02. The summed E-state index contributed by atoms with van der Waals surface area (Å²) in [5.74, 6) is 2.59. The molecule has 200 valence electrons.